The van der Waals surface area contributed by atoms with Gasteiger partial charge in [0.15, 0.2) is 0 Å². The Morgan fingerprint density at radius 2 is 2.25 bits per heavy atom. The molecular formula is C9H10BrFO. The molecule has 3 heteroatoms. The summed E-state index contributed by atoms with van der Waals surface area (Å²) in [5, 5.41) is 0. The van der Waals surface area contributed by atoms with Gasteiger partial charge < -0.3 is 4.74 Å². The molecule has 1 rings (SSSR count). The molecule has 66 valence electrons. The summed E-state index contributed by atoms with van der Waals surface area (Å²) in [5.74, 6) is -0.241. The Kier molecular flexibility index (Phi) is 3.69. The predicted octanol–water partition coefficient (Wildman–Crippen LogP) is 3.12. The van der Waals surface area contributed by atoms with Crippen molar-refractivity contribution in [2.75, 3.05) is 6.61 Å². The van der Waals surface area contributed by atoms with Gasteiger partial charge in [0.05, 0.1) is 11.1 Å². The number of benzene rings is 1. The van der Waals surface area contributed by atoms with Crippen molar-refractivity contribution in [3.8, 4) is 0 Å². The SMILES string of the molecule is CCOCc1ccc(F)c(Br)c1. The van der Waals surface area contributed by atoms with E-state index in [1.807, 2.05) is 6.92 Å². The molecule has 12 heavy (non-hydrogen) atoms. The Bertz CT molecular complexity index is 263. The molecule has 0 saturated carbocycles. The van der Waals surface area contributed by atoms with E-state index >= 15 is 0 Å². The van der Waals surface area contributed by atoms with E-state index < -0.39 is 0 Å². The molecule has 0 aromatic heterocycles. The molecule has 0 unspecified atom stereocenters. The zero-order valence-corrected chi connectivity index (χ0v) is 8.40. The van der Waals surface area contributed by atoms with Crippen LogP contribution < -0.4 is 0 Å². The predicted molar refractivity (Wildman–Crippen MR) is 49.4 cm³/mol. The normalized spacial score (nSPS) is 10.2. The Balaban J connectivity index is 2.69. The fourth-order valence-corrected chi connectivity index (χ4v) is 1.28. The lowest BCUT2D eigenvalue weighted by atomic mass is 10.2. The summed E-state index contributed by atoms with van der Waals surface area (Å²) < 4.78 is 18.4. The van der Waals surface area contributed by atoms with E-state index in [4.69, 9.17) is 4.74 Å². The molecule has 0 bridgehead atoms. The van der Waals surface area contributed by atoms with Gasteiger partial charge in [-0.05, 0) is 40.5 Å². The lowest BCUT2D eigenvalue weighted by molar-refractivity contribution is 0.134. The van der Waals surface area contributed by atoms with Gasteiger partial charge in [0, 0.05) is 6.61 Å². The summed E-state index contributed by atoms with van der Waals surface area (Å²) in [5.41, 5.74) is 0.977. The molecule has 0 saturated heterocycles. The van der Waals surface area contributed by atoms with Crippen LogP contribution in [0.1, 0.15) is 12.5 Å². The number of rotatable bonds is 3. The molecular weight excluding hydrogens is 223 g/mol. The third-order valence-electron chi connectivity index (χ3n) is 1.46. The Hall–Kier alpha value is -0.410. The highest BCUT2D eigenvalue weighted by Crippen LogP contribution is 2.17. The highest BCUT2D eigenvalue weighted by Gasteiger charge is 1.99. The van der Waals surface area contributed by atoms with Gasteiger partial charge in [-0.1, -0.05) is 6.07 Å². The maximum atomic E-state index is 12.7. The van der Waals surface area contributed by atoms with Crippen LogP contribution in [0.25, 0.3) is 0 Å². The zero-order valence-electron chi connectivity index (χ0n) is 6.81. The van der Waals surface area contributed by atoms with Crippen molar-refractivity contribution in [1.82, 2.24) is 0 Å². The van der Waals surface area contributed by atoms with Crippen molar-refractivity contribution in [3.05, 3.63) is 34.1 Å². The van der Waals surface area contributed by atoms with E-state index in [0.29, 0.717) is 17.7 Å². The first kappa shape index (κ1) is 9.68. The van der Waals surface area contributed by atoms with Gasteiger partial charge in [0.2, 0.25) is 0 Å². The molecule has 0 aliphatic carbocycles. The van der Waals surface area contributed by atoms with E-state index in [0.717, 1.165) is 5.56 Å². The summed E-state index contributed by atoms with van der Waals surface area (Å²) in [7, 11) is 0. The fourth-order valence-electron chi connectivity index (χ4n) is 0.849. The second-order valence-corrected chi connectivity index (χ2v) is 3.24. The standard InChI is InChI=1S/C9H10BrFO/c1-2-12-6-7-3-4-9(11)8(10)5-7/h3-5H,2,6H2,1H3. The minimum atomic E-state index is -0.241. The molecule has 0 spiro atoms. The Labute approximate surface area is 79.7 Å². The molecule has 0 amide bonds. The molecule has 0 atom stereocenters. The third-order valence-corrected chi connectivity index (χ3v) is 2.06. The largest absolute Gasteiger partial charge is 0.377 e. The van der Waals surface area contributed by atoms with Gasteiger partial charge in [-0.2, -0.15) is 0 Å². The van der Waals surface area contributed by atoms with Crippen molar-refractivity contribution in [2.24, 2.45) is 0 Å². The number of hydrogen-bond donors (Lipinski definition) is 0. The van der Waals surface area contributed by atoms with Gasteiger partial charge in [-0.3, -0.25) is 0 Å². The van der Waals surface area contributed by atoms with E-state index in [2.05, 4.69) is 15.9 Å². The van der Waals surface area contributed by atoms with Crippen molar-refractivity contribution in [2.45, 2.75) is 13.5 Å². The van der Waals surface area contributed by atoms with Crippen LogP contribution in [-0.2, 0) is 11.3 Å². The van der Waals surface area contributed by atoms with Gasteiger partial charge in [-0.25, -0.2) is 4.39 Å². The van der Waals surface area contributed by atoms with E-state index in [-0.39, 0.29) is 5.82 Å². The first-order valence-corrected chi connectivity index (χ1v) is 4.55. The van der Waals surface area contributed by atoms with Crippen LogP contribution in [0, 0.1) is 5.82 Å². The number of ether oxygens (including phenoxy) is 1. The van der Waals surface area contributed by atoms with Gasteiger partial charge in [0.25, 0.3) is 0 Å². The topological polar surface area (TPSA) is 9.23 Å². The molecule has 1 aromatic rings. The first-order valence-electron chi connectivity index (χ1n) is 3.75. The molecule has 0 fully saturated rings. The minimum Gasteiger partial charge on any atom is -0.377 e. The quantitative estimate of drug-likeness (QED) is 0.779. The third kappa shape index (κ3) is 2.57. The van der Waals surface area contributed by atoms with Crippen LogP contribution >= 0.6 is 15.9 Å². The summed E-state index contributed by atoms with van der Waals surface area (Å²) in [6, 6.07) is 4.87. The van der Waals surface area contributed by atoms with Crippen molar-refractivity contribution in [1.29, 1.82) is 0 Å². The number of hydrogen-bond acceptors (Lipinski definition) is 1. The molecule has 0 radical (unpaired) electrons. The van der Waals surface area contributed by atoms with Gasteiger partial charge in [-0.15, -0.1) is 0 Å². The lowest BCUT2D eigenvalue weighted by Crippen LogP contribution is -1.92. The maximum Gasteiger partial charge on any atom is 0.137 e. The first-order chi connectivity index (χ1) is 5.74. The van der Waals surface area contributed by atoms with E-state index in [1.54, 1.807) is 12.1 Å². The number of halogens is 2. The van der Waals surface area contributed by atoms with Crippen LogP contribution in [0.5, 0.6) is 0 Å². The molecule has 0 aliphatic heterocycles. The van der Waals surface area contributed by atoms with Crippen molar-refractivity contribution in [3.63, 3.8) is 0 Å². The Morgan fingerprint density at radius 3 is 2.83 bits per heavy atom. The van der Waals surface area contributed by atoms with Crippen LogP contribution in [0.15, 0.2) is 22.7 Å². The van der Waals surface area contributed by atoms with Crippen LogP contribution in [0.4, 0.5) is 4.39 Å². The Morgan fingerprint density at radius 1 is 1.50 bits per heavy atom. The summed E-state index contributed by atoms with van der Waals surface area (Å²) in [4.78, 5) is 0. The van der Waals surface area contributed by atoms with Gasteiger partial charge in [0.1, 0.15) is 5.82 Å². The monoisotopic (exact) mass is 232 g/mol. The van der Waals surface area contributed by atoms with Gasteiger partial charge >= 0.3 is 0 Å². The molecule has 0 N–H and O–H groups in total. The molecule has 0 aliphatic rings. The summed E-state index contributed by atoms with van der Waals surface area (Å²) in [6.45, 7) is 3.14. The second kappa shape index (κ2) is 4.58. The molecule has 1 nitrogen and oxygen atoms in total. The van der Waals surface area contributed by atoms with Crippen LogP contribution in [0.2, 0.25) is 0 Å². The van der Waals surface area contributed by atoms with Crippen LogP contribution in [-0.4, -0.2) is 6.61 Å². The average molecular weight is 233 g/mol. The fraction of sp³-hybridized carbons (Fsp3) is 0.333. The van der Waals surface area contributed by atoms with E-state index in [1.165, 1.54) is 6.07 Å². The van der Waals surface area contributed by atoms with E-state index in [9.17, 15) is 4.39 Å². The highest BCUT2D eigenvalue weighted by atomic mass is 79.9. The summed E-state index contributed by atoms with van der Waals surface area (Å²) >= 11 is 3.11. The average Bonchev–Trinajstić information content (AvgIpc) is 2.07. The van der Waals surface area contributed by atoms with Crippen molar-refractivity contribution < 1.29 is 9.13 Å². The second-order valence-electron chi connectivity index (χ2n) is 2.39. The maximum absolute atomic E-state index is 12.7. The smallest absolute Gasteiger partial charge is 0.137 e. The molecule has 1 aromatic carbocycles. The highest BCUT2D eigenvalue weighted by molar-refractivity contribution is 9.10. The molecule has 0 heterocycles. The lowest BCUT2D eigenvalue weighted by Gasteiger charge is -2.02. The minimum absolute atomic E-state index is 0.241. The van der Waals surface area contributed by atoms with Crippen molar-refractivity contribution >= 4 is 15.9 Å². The zero-order chi connectivity index (χ0) is 8.97. The summed E-state index contributed by atoms with van der Waals surface area (Å²) in [6.07, 6.45) is 0. The van der Waals surface area contributed by atoms with Crippen LogP contribution in [0.3, 0.4) is 0 Å².